The van der Waals surface area contributed by atoms with Gasteiger partial charge in [0.1, 0.15) is 5.82 Å². The smallest absolute Gasteiger partial charge is 0.161 e. The Hall–Kier alpha value is -1.46. The quantitative estimate of drug-likeness (QED) is 0.785. The second kappa shape index (κ2) is 4.37. The molecule has 0 atom stereocenters. The van der Waals surface area contributed by atoms with E-state index in [4.69, 9.17) is 10.5 Å². The fraction of sp³-hybridized carbons (Fsp3) is 0.400. The fourth-order valence-corrected chi connectivity index (χ4v) is 1.59. The number of hydrogen-bond donors (Lipinski definition) is 1. The van der Waals surface area contributed by atoms with Crippen LogP contribution in [0.2, 0.25) is 0 Å². The van der Waals surface area contributed by atoms with Crippen molar-refractivity contribution in [2.45, 2.75) is 13.0 Å². The van der Waals surface area contributed by atoms with Crippen LogP contribution in [-0.4, -0.2) is 28.3 Å². The highest BCUT2D eigenvalue weighted by atomic mass is 16.5. The molecule has 5 heteroatoms. The lowest BCUT2D eigenvalue weighted by Gasteiger charge is -2.04. The van der Waals surface area contributed by atoms with Gasteiger partial charge in [-0.3, -0.25) is 4.40 Å². The summed E-state index contributed by atoms with van der Waals surface area (Å²) in [6, 6.07) is 5.83. The third kappa shape index (κ3) is 1.84. The molecule has 80 valence electrons. The minimum Gasteiger partial charge on any atom is -0.384 e. The van der Waals surface area contributed by atoms with Crippen LogP contribution in [0.4, 0.5) is 0 Å². The Labute approximate surface area is 87.9 Å². The molecule has 0 radical (unpaired) electrons. The maximum Gasteiger partial charge on any atom is 0.161 e. The number of nitrogens with zero attached hydrogens (tertiary/aromatic N) is 3. The first-order valence-electron chi connectivity index (χ1n) is 4.87. The number of methoxy groups -OCH3 is 1. The molecule has 0 saturated heterocycles. The number of rotatable bonds is 4. The van der Waals surface area contributed by atoms with Crippen LogP contribution in [0, 0.1) is 0 Å². The molecule has 2 heterocycles. The van der Waals surface area contributed by atoms with Gasteiger partial charge in [-0.25, -0.2) is 0 Å². The van der Waals surface area contributed by atoms with Gasteiger partial charge < -0.3 is 10.5 Å². The summed E-state index contributed by atoms with van der Waals surface area (Å²) in [6.07, 6.45) is 0.745. The van der Waals surface area contributed by atoms with Gasteiger partial charge in [0, 0.05) is 25.8 Å². The standard InChI is InChI=1S/C10H14N4O/c1-15-6-5-10-13-12-9-4-2-3-8(7-11)14(9)10/h2-4H,5-7,11H2,1H3. The first-order valence-corrected chi connectivity index (χ1v) is 4.87. The van der Waals surface area contributed by atoms with Gasteiger partial charge >= 0.3 is 0 Å². The molecule has 2 rings (SSSR count). The number of nitrogens with two attached hydrogens (primary N) is 1. The predicted molar refractivity (Wildman–Crippen MR) is 56.5 cm³/mol. The Balaban J connectivity index is 2.46. The second-order valence-corrected chi connectivity index (χ2v) is 3.27. The van der Waals surface area contributed by atoms with Crippen molar-refractivity contribution in [3.63, 3.8) is 0 Å². The van der Waals surface area contributed by atoms with E-state index in [1.165, 1.54) is 0 Å². The summed E-state index contributed by atoms with van der Waals surface area (Å²) in [5, 5.41) is 8.20. The van der Waals surface area contributed by atoms with Crippen molar-refractivity contribution in [3.05, 3.63) is 29.7 Å². The monoisotopic (exact) mass is 206 g/mol. The van der Waals surface area contributed by atoms with Gasteiger partial charge in [-0.1, -0.05) is 6.07 Å². The molecule has 2 aromatic rings. The zero-order valence-corrected chi connectivity index (χ0v) is 8.68. The van der Waals surface area contributed by atoms with E-state index in [2.05, 4.69) is 10.2 Å². The molecule has 0 unspecified atom stereocenters. The van der Waals surface area contributed by atoms with Crippen LogP contribution in [0.3, 0.4) is 0 Å². The van der Waals surface area contributed by atoms with Crippen molar-refractivity contribution >= 4 is 5.65 Å². The highest BCUT2D eigenvalue weighted by Crippen LogP contribution is 2.08. The Bertz CT molecular complexity index is 452. The number of pyridine rings is 1. The summed E-state index contributed by atoms with van der Waals surface area (Å²) in [6.45, 7) is 1.12. The molecule has 0 aliphatic carbocycles. The Morgan fingerprint density at radius 3 is 3.00 bits per heavy atom. The molecule has 0 fully saturated rings. The normalized spacial score (nSPS) is 11.1. The molecule has 5 nitrogen and oxygen atoms in total. The van der Waals surface area contributed by atoms with Gasteiger partial charge in [0.05, 0.1) is 6.61 Å². The lowest BCUT2D eigenvalue weighted by atomic mass is 10.3. The topological polar surface area (TPSA) is 65.4 Å². The highest BCUT2D eigenvalue weighted by molar-refractivity contribution is 5.39. The summed E-state index contributed by atoms with van der Waals surface area (Å²) in [5.74, 6) is 0.896. The Morgan fingerprint density at radius 2 is 2.27 bits per heavy atom. The number of ether oxygens (including phenoxy) is 1. The van der Waals surface area contributed by atoms with E-state index >= 15 is 0 Å². The molecule has 15 heavy (non-hydrogen) atoms. The van der Waals surface area contributed by atoms with Crippen LogP contribution >= 0.6 is 0 Å². The average molecular weight is 206 g/mol. The summed E-state index contributed by atoms with van der Waals surface area (Å²) in [4.78, 5) is 0. The van der Waals surface area contributed by atoms with E-state index in [9.17, 15) is 0 Å². The maximum absolute atomic E-state index is 5.67. The third-order valence-electron chi connectivity index (χ3n) is 2.32. The minimum absolute atomic E-state index is 0.482. The van der Waals surface area contributed by atoms with Gasteiger partial charge in [0.25, 0.3) is 0 Å². The van der Waals surface area contributed by atoms with Crippen LogP contribution in [0.1, 0.15) is 11.5 Å². The molecule has 0 aliphatic heterocycles. The summed E-state index contributed by atoms with van der Waals surface area (Å²) in [7, 11) is 1.67. The van der Waals surface area contributed by atoms with Gasteiger partial charge in [0.2, 0.25) is 0 Å². The molecule has 0 bridgehead atoms. The predicted octanol–water partition coefficient (Wildman–Crippen LogP) is 0.377. The highest BCUT2D eigenvalue weighted by Gasteiger charge is 2.07. The van der Waals surface area contributed by atoms with Crippen molar-refractivity contribution in [3.8, 4) is 0 Å². The summed E-state index contributed by atoms with van der Waals surface area (Å²) >= 11 is 0. The molecule has 2 N–H and O–H groups in total. The van der Waals surface area contributed by atoms with Gasteiger partial charge in [-0.05, 0) is 12.1 Å². The largest absolute Gasteiger partial charge is 0.384 e. The van der Waals surface area contributed by atoms with E-state index < -0.39 is 0 Å². The molecule has 0 aliphatic rings. The Kier molecular flexibility index (Phi) is 2.94. The molecular formula is C10H14N4O. The van der Waals surface area contributed by atoms with E-state index in [1.807, 2.05) is 22.6 Å². The van der Waals surface area contributed by atoms with Gasteiger partial charge in [-0.2, -0.15) is 0 Å². The molecule has 0 amide bonds. The van der Waals surface area contributed by atoms with Crippen molar-refractivity contribution in [1.29, 1.82) is 0 Å². The first kappa shape index (κ1) is 10.1. The van der Waals surface area contributed by atoms with Crippen LogP contribution in [-0.2, 0) is 17.7 Å². The maximum atomic E-state index is 5.67. The second-order valence-electron chi connectivity index (χ2n) is 3.27. The van der Waals surface area contributed by atoms with Crippen molar-refractivity contribution in [2.24, 2.45) is 5.73 Å². The zero-order valence-electron chi connectivity index (χ0n) is 8.68. The average Bonchev–Trinajstić information content (AvgIpc) is 2.69. The molecule has 0 aromatic carbocycles. The SMILES string of the molecule is COCCc1nnc2cccc(CN)n12. The third-order valence-corrected chi connectivity index (χ3v) is 2.32. The van der Waals surface area contributed by atoms with Crippen molar-refractivity contribution < 1.29 is 4.74 Å². The number of hydrogen-bond acceptors (Lipinski definition) is 4. The zero-order chi connectivity index (χ0) is 10.7. The fourth-order valence-electron chi connectivity index (χ4n) is 1.59. The number of fused-ring (bicyclic) bond motifs is 1. The molecule has 0 spiro atoms. The summed E-state index contributed by atoms with van der Waals surface area (Å²) in [5.41, 5.74) is 7.52. The van der Waals surface area contributed by atoms with Crippen LogP contribution in [0.25, 0.3) is 5.65 Å². The van der Waals surface area contributed by atoms with Gasteiger partial charge in [-0.15, -0.1) is 10.2 Å². The molecule has 2 aromatic heterocycles. The van der Waals surface area contributed by atoms with Crippen molar-refractivity contribution in [1.82, 2.24) is 14.6 Å². The molecule has 0 saturated carbocycles. The van der Waals surface area contributed by atoms with Crippen molar-refractivity contribution in [2.75, 3.05) is 13.7 Å². The van der Waals surface area contributed by atoms with Crippen LogP contribution in [0.5, 0.6) is 0 Å². The van der Waals surface area contributed by atoms with Crippen LogP contribution < -0.4 is 5.73 Å². The minimum atomic E-state index is 0.482. The lowest BCUT2D eigenvalue weighted by Crippen LogP contribution is -2.08. The lowest BCUT2D eigenvalue weighted by molar-refractivity contribution is 0.200. The van der Waals surface area contributed by atoms with Gasteiger partial charge in [0.15, 0.2) is 5.65 Å². The van der Waals surface area contributed by atoms with E-state index in [-0.39, 0.29) is 0 Å². The Morgan fingerprint density at radius 1 is 1.40 bits per heavy atom. The van der Waals surface area contributed by atoms with E-state index in [0.29, 0.717) is 13.2 Å². The van der Waals surface area contributed by atoms with Crippen LogP contribution in [0.15, 0.2) is 18.2 Å². The first-order chi connectivity index (χ1) is 7.36. The number of aromatic nitrogens is 3. The van der Waals surface area contributed by atoms with E-state index in [1.54, 1.807) is 7.11 Å². The molecular weight excluding hydrogens is 192 g/mol. The summed E-state index contributed by atoms with van der Waals surface area (Å²) < 4.78 is 7.01. The van der Waals surface area contributed by atoms with E-state index in [0.717, 1.165) is 23.6 Å².